The van der Waals surface area contributed by atoms with Gasteiger partial charge in [-0.3, -0.25) is 9.79 Å². The second-order valence-corrected chi connectivity index (χ2v) is 7.92. The standard InChI is InChI=1S/C23H38N4O4.HI/c1-7-24-23(26-17-9-12-27(13-10-17)22(28)16(2)3)25-11-8-19-20(30-5)14-18(29-4)15-21(19)31-6;/h14-17H,7-13H2,1-6H3,(H2,24,25,26);1H. The van der Waals surface area contributed by atoms with Gasteiger partial charge in [0.2, 0.25) is 5.91 Å². The number of carbonyl (C=O) groups excluding carboxylic acids is 1. The summed E-state index contributed by atoms with van der Waals surface area (Å²) < 4.78 is 16.4. The molecule has 9 heteroatoms. The molecule has 0 atom stereocenters. The highest BCUT2D eigenvalue weighted by atomic mass is 127. The third-order valence-corrected chi connectivity index (χ3v) is 5.43. The highest BCUT2D eigenvalue weighted by Crippen LogP contribution is 2.34. The first-order chi connectivity index (χ1) is 14.9. The predicted octanol–water partition coefficient (Wildman–Crippen LogP) is 3.08. The molecule has 1 fully saturated rings. The minimum absolute atomic E-state index is 0. The first kappa shape index (κ1) is 28.1. The fraction of sp³-hybridized carbons (Fsp3) is 0.652. The van der Waals surface area contributed by atoms with Gasteiger partial charge in [-0.15, -0.1) is 24.0 Å². The van der Waals surface area contributed by atoms with Gasteiger partial charge in [-0.05, 0) is 26.2 Å². The number of carbonyl (C=O) groups is 1. The van der Waals surface area contributed by atoms with Crippen LogP contribution in [0.25, 0.3) is 0 Å². The lowest BCUT2D eigenvalue weighted by molar-refractivity contribution is -0.135. The van der Waals surface area contributed by atoms with Gasteiger partial charge in [0.25, 0.3) is 0 Å². The Labute approximate surface area is 209 Å². The van der Waals surface area contributed by atoms with E-state index in [4.69, 9.17) is 19.2 Å². The molecule has 0 saturated carbocycles. The second kappa shape index (κ2) is 14.3. The summed E-state index contributed by atoms with van der Waals surface area (Å²) in [7, 11) is 4.90. The normalized spacial score (nSPS) is 14.6. The molecular weight excluding hydrogens is 523 g/mol. The predicted molar refractivity (Wildman–Crippen MR) is 139 cm³/mol. The third-order valence-electron chi connectivity index (χ3n) is 5.43. The first-order valence-electron chi connectivity index (χ1n) is 11.1. The van der Waals surface area contributed by atoms with E-state index in [2.05, 4.69) is 17.6 Å². The molecule has 1 saturated heterocycles. The summed E-state index contributed by atoms with van der Waals surface area (Å²) in [5.74, 6) is 3.23. The van der Waals surface area contributed by atoms with Gasteiger partial charge in [0.15, 0.2) is 5.96 Å². The third kappa shape index (κ3) is 7.90. The molecular formula is C23H39IN4O4. The van der Waals surface area contributed by atoms with E-state index in [0.717, 1.165) is 55.5 Å². The summed E-state index contributed by atoms with van der Waals surface area (Å²) in [5.41, 5.74) is 0.964. The molecule has 0 unspecified atom stereocenters. The first-order valence-corrected chi connectivity index (χ1v) is 11.1. The number of aliphatic imine (C=N–C) groups is 1. The maximum Gasteiger partial charge on any atom is 0.225 e. The van der Waals surface area contributed by atoms with Crippen LogP contribution in [0.1, 0.15) is 39.2 Å². The number of amides is 1. The number of benzene rings is 1. The Morgan fingerprint density at radius 1 is 1.12 bits per heavy atom. The number of guanidine groups is 1. The Balaban J connectivity index is 0.00000512. The van der Waals surface area contributed by atoms with E-state index in [1.165, 1.54) is 0 Å². The van der Waals surface area contributed by atoms with Crippen molar-refractivity contribution < 1.29 is 19.0 Å². The number of likely N-dealkylation sites (tertiary alicyclic amines) is 1. The van der Waals surface area contributed by atoms with Gasteiger partial charge in [0.05, 0.1) is 21.3 Å². The molecule has 182 valence electrons. The smallest absolute Gasteiger partial charge is 0.225 e. The fourth-order valence-corrected chi connectivity index (χ4v) is 3.73. The molecule has 0 aromatic heterocycles. The van der Waals surface area contributed by atoms with Gasteiger partial charge in [-0.2, -0.15) is 0 Å². The van der Waals surface area contributed by atoms with Crippen molar-refractivity contribution in [2.24, 2.45) is 10.9 Å². The van der Waals surface area contributed by atoms with E-state index < -0.39 is 0 Å². The van der Waals surface area contributed by atoms with Crippen molar-refractivity contribution in [3.63, 3.8) is 0 Å². The van der Waals surface area contributed by atoms with Crippen LogP contribution in [0.5, 0.6) is 17.2 Å². The molecule has 0 aliphatic carbocycles. The molecule has 1 heterocycles. The number of hydrogen-bond donors (Lipinski definition) is 2. The van der Waals surface area contributed by atoms with Gasteiger partial charge >= 0.3 is 0 Å². The lowest BCUT2D eigenvalue weighted by Gasteiger charge is -2.34. The minimum atomic E-state index is 0. The van der Waals surface area contributed by atoms with Crippen LogP contribution >= 0.6 is 24.0 Å². The average Bonchev–Trinajstić information content (AvgIpc) is 2.78. The number of methoxy groups -OCH3 is 3. The van der Waals surface area contributed by atoms with Crippen molar-refractivity contribution >= 4 is 35.8 Å². The average molecular weight is 562 g/mol. The summed E-state index contributed by atoms with van der Waals surface area (Å²) in [5, 5.41) is 6.85. The molecule has 2 rings (SSSR count). The zero-order chi connectivity index (χ0) is 22.8. The quantitative estimate of drug-likeness (QED) is 0.274. The number of nitrogens with one attached hydrogen (secondary N) is 2. The molecule has 32 heavy (non-hydrogen) atoms. The van der Waals surface area contributed by atoms with Crippen molar-refractivity contribution in [2.75, 3.05) is 47.5 Å². The van der Waals surface area contributed by atoms with E-state index in [-0.39, 0.29) is 35.8 Å². The minimum Gasteiger partial charge on any atom is -0.496 e. The molecule has 0 radical (unpaired) electrons. The molecule has 1 aromatic rings. The highest BCUT2D eigenvalue weighted by molar-refractivity contribution is 14.0. The van der Waals surface area contributed by atoms with Crippen molar-refractivity contribution in [1.29, 1.82) is 0 Å². The van der Waals surface area contributed by atoms with Crippen LogP contribution in [0.4, 0.5) is 0 Å². The van der Waals surface area contributed by atoms with Gasteiger partial charge in [0.1, 0.15) is 17.2 Å². The van der Waals surface area contributed by atoms with Crippen LogP contribution in [0.15, 0.2) is 17.1 Å². The molecule has 1 aromatic carbocycles. The maximum absolute atomic E-state index is 12.2. The van der Waals surface area contributed by atoms with Crippen LogP contribution < -0.4 is 24.8 Å². The van der Waals surface area contributed by atoms with Gasteiger partial charge in [-0.25, -0.2) is 0 Å². The van der Waals surface area contributed by atoms with E-state index in [1.54, 1.807) is 21.3 Å². The number of ether oxygens (including phenoxy) is 3. The number of rotatable bonds is 9. The van der Waals surface area contributed by atoms with Crippen molar-refractivity contribution in [1.82, 2.24) is 15.5 Å². The Morgan fingerprint density at radius 3 is 2.19 bits per heavy atom. The summed E-state index contributed by atoms with van der Waals surface area (Å²) in [6, 6.07) is 4.02. The fourth-order valence-electron chi connectivity index (χ4n) is 3.73. The van der Waals surface area contributed by atoms with Gasteiger partial charge < -0.3 is 29.7 Å². The maximum atomic E-state index is 12.2. The van der Waals surface area contributed by atoms with Crippen molar-refractivity contribution in [2.45, 2.75) is 46.1 Å². The van der Waals surface area contributed by atoms with E-state index in [9.17, 15) is 4.79 Å². The van der Waals surface area contributed by atoms with E-state index >= 15 is 0 Å². The molecule has 0 bridgehead atoms. The lowest BCUT2D eigenvalue weighted by Crippen LogP contribution is -2.50. The molecule has 8 nitrogen and oxygen atoms in total. The summed E-state index contributed by atoms with van der Waals surface area (Å²) in [6.45, 7) is 8.90. The van der Waals surface area contributed by atoms with Crippen LogP contribution in [0.3, 0.4) is 0 Å². The molecule has 0 spiro atoms. The Morgan fingerprint density at radius 2 is 1.72 bits per heavy atom. The van der Waals surface area contributed by atoms with Crippen LogP contribution in [-0.2, 0) is 11.2 Å². The van der Waals surface area contributed by atoms with Gasteiger partial charge in [-0.1, -0.05) is 13.8 Å². The van der Waals surface area contributed by atoms with Gasteiger partial charge in [0, 0.05) is 55.8 Å². The molecule has 1 aliphatic rings. The summed E-state index contributed by atoms with van der Waals surface area (Å²) >= 11 is 0. The van der Waals surface area contributed by atoms with Crippen molar-refractivity contribution in [3.8, 4) is 17.2 Å². The Kier molecular flexibility index (Phi) is 12.6. The number of piperidine rings is 1. The summed E-state index contributed by atoms with van der Waals surface area (Å²) in [6.07, 6.45) is 2.51. The largest absolute Gasteiger partial charge is 0.496 e. The van der Waals surface area contributed by atoms with E-state index in [0.29, 0.717) is 24.8 Å². The van der Waals surface area contributed by atoms with Crippen LogP contribution in [-0.4, -0.2) is 70.3 Å². The number of nitrogens with zero attached hydrogens (tertiary/aromatic N) is 2. The Hall–Kier alpha value is -1.91. The molecule has 1 amide bonds. The van der Waals surface area contributed by atoms with Crippen molar-refractivity contribution in [3.05, 3.63) is 17.7 Å². The summed E-state index contributed by atoms with van der Waals surface area (Å²) in [4.78, 5) is 18.9. The second-order valence-electron chi connectivity index (χ2n) is 7.92. The molecule has 2 N–H and O–H groups in total. The number of halogens is 1. The zero-order valence-corrected chi connectivity index (χ0v) is 22.5. The Bertz CT molecular complexity index is 725. The monoisotopic (exact) mass is 562 g/mol. The topological polar surface area (TPSA) is 84.4 Å². The number of hydrogen-bond acceptors (Lipinski definition) is 5. The molecule has 1 aliphatic heterocycles. The SMILES string of the molecule is CCNC(=NCCc1c(OC)cc(OC)cc1OC)NC1CCN(C(=O)C(C)C)CC1.I. The van der Waals surface area contributed by atoms with Crippen LogP contribution in [0.2, 0.25) is 0 Å². The van der Waals surface area contributed by atoms with E-state index in [1.807, 2.05) is 30.9 Å². The van der Waals surface area contributed by atoms with Crippen LogP contribution in [0, 0.1) is 5.92 Å². The zero-order valence-electron chi connectivity index (χ0n) is 20.2. The highest BCUT2D eigenvalue weighted by Gasteiger charge is 2.24. The lowest BCUT2D eigenvalue weighted by atomic mass is 10.0.